The number of hydrogen-bond donors (Lipinski definition) is 3. The van der Waals surface area contributed by atoms with Gasteiger partial charge in [-0.2, -0.15) is 0 Å². The van der Waals surface area contributed by atoms with Crippen molar-refractivity contribution in [3.63, 3.8) is 0 Å². The van der Waals surface area contributed by atoms with Gasteiger partial charge in [0.15, 0.2) is 0 Å². The van der Waals surface area contributed by atoms with Crippen LogP contribution in [0.3, 0.4) is 0 Å². The van der Waals surface area contributed by atoms with Crippen LogP contribution >= 0.6 is 15.9 Å². The third kappa shape index (κ3) is 6.66. The summed E-state index contributed by atoms with van der Waals surface area (Å²) in [6, 6.07) is 22.2. The summed E-state index contributed by atoms with van der Waals surface area (Å²) in [6.45, 7) is 0.445. The third-order valence-electron chi connectivity index (χ3n) is 4.57. The van der Waals surface area contributed by atoms with E-state index in [9.17, 15) is 18.0 Å². The van der Waals surface area contributed by atoms with Gasteiger partial charge in [0.05, 0.1) is 10.2 Å². The fourth-order valence-corrected chi connectivity index (χ4v) is 4.05. The number of nitrogens with one attached hydrogen (secondary N) is 3. The summed E-state index contributed by atoms with van der Waals surface area (Å²) in [5.41, 5.74) is 3.36. The van der Waals surface area contributed by atoms with Crippen LogP contribution in [0.1, 0.15) is 5.56 Å². The van der Waals surface area contributed by atoms with Gasteiger partial charge in [-0.3, -0.25) is 4.79 Å². The van der Waals surface area contributed by atoms with Crippen molar-refractivity contribution >= 4 is 43.6 Å². The van der Waals surface area contributed by atoms with Gasteiger partial charge in [0.2, 0.25) is 5.91 Å². The molecule has 0 unspecified atom stereocenters. The minimum absolute atomic E-state index is 0.0275. The Balaban J connectivity index is 1.56. The molecule has 9 heteroatoms. The van der Waals surface area contributed by atoms with Crippen LogP contribution in [0.15, 0.2) is 83.8 Å². The lowest BCUT2D eigenvalue weighted by molar-refractivity contribution is -0.118. The molecule has 0 aliphatic heterocycles. The van der Waals surface area contributed by atoms with Gasteiger partial charge in [-0.05, 0) is 47.4 Å². The molecule has 3 aromatic rings. The lowest BCUT2D eigenvalue weighted by Crippen LogP contribution is -2.34. The van der Waals surface area contributed by atoms with Gasteiger partial charge in [0.1, 0.15) is 0 Å². The second kappa shape index (κ2) is 10.9. The molecule has 32 heavy (non-hydrogen) atoms. The van der Waals surface area contributed by atoms with E-state index in [0.717, 1.165) is 16.7 Å². The number of anilines is 1. The van der Waals surface area contributed by atoms with E-state index < -0.39 is 16.1 Å². The Morgan fingerprint density at radius 3 is 2.06 bits per heavy atom. The Morgan fingerprint density at radius 1 is 0.812 bits per heavy atom. The molecule has 3 N–H and O–H groups in total. The molecule has 0 atom stereocenters. The largest absolute Gasteiger partial charge is 0.355 e. The number of carbonyl (C=O) groups excluding carboxylic acids is 2. The van der Waals surface area contributed by atoms with Crippen LogP contribution in [-0.2, 0) is 21.2 Å². The highest BCUT2D eigenvalue weighted by atomic mass is 79.9. The summed E-state index contributed by atoms with van der Waals surface area (Å²) in [6.07, 6.45) is 0.561. The number of sulfonamides is 1. The molecule has 0 fully saturated rings. The minimum Gasteiger partial charge on any atom is -0.355 e. The summed E-state index contributed by atoms with van der Waals surface area (Å²) in [5.74, 6) is -0.117. The van der Waals surface area contributed by atoms with Gasteiger partial charge in [-0.1, -0.05) is 70.5 Å². The Hall–Kier alpha value is -3.17. The summed E-state index contributed by atoms with van der Waals surface area (Å²) in [7, 11) is -4.02. The second-order valence-electron chi connectivity index (χ2n) is 6.88. The monoisotopic (exact) mass is 515 g/mol. The Morgan fingerprint density at radius 2 is 1.44 bits per heavy atom. The fourth-order valence-electron chi connectivity index (χ4n) is 2.94. The van der Waals surface area contributed by atoms with Gasteiger partial charge >= 0.3 is 6.03 Å². The summed E-state index contributed by atoms with van der Waals surface area (Å²) in [4.78, 5) is 23.4. The van der Waals surface area contributed by atoms with E-state index in [4.69, 9.17) is 0 Å². The highest BCUT2D eigenvalue weighted by Crippen LogP contribution is 2.21. The number of rotatable bonds is 8. The molecule has 0 bridgehead atoms. The molecule has 0 aliphatic rings. The standard InChI is InChI=1S/C23H22BrN3O4S/c24-16-22(28)25-15-14-17-6-12-21(13-7-17)32(30,31)27-23(29)26-20-10-8-19(9-11-20)18-4-2-1-3-5-18/h1-13H,14-16H2,(H,25,28)(H2,26,27,29). The maximum absolute atomic E-state index is 12.5. The molecule has 0 spiro atoms. The second-order valence-corrected chi connectivity index (χ2v) is 9.12. The van der Waals surface area contributed by atoms with E-state index in [1.807, 2.05) is 47.2 Å². The predicted octanol–water partition coefficient (Wildman–Crippen LogP) is 3.92. The number of carbonyl (C=O) groups is 2. The van der Waals surface area contributed by atoms with E-state index in [0.29, 0.717) is 18.7 Å². The van der Waals surface area contributed by atoms with Crippen LogP contribution < -0.4 is 15.4 Å². The zero-order chi connectivity index (χ0) is 23.0. The topological polar surface area (TPSA) is 104 Å². The maximum atomic E-state index is 12.5. The van der Waals surface area contributed by atoms with Gasteiger partial charge in [0, 0.05) is 12.2 Å². The average Bonchev–Trinajstić information content (AvgIpc) is 2.80. The van der Waals surface area contributed by atoms with Crippen molar-refractivity contribution in [2.75, 3.05) is 17.2 Å². The van der Waals surface area contributed by atoms with Crippen LogP contribution in [0.2, 0.25) is 0 Å². The Bertz CT molecular complexity index is 1170. The number of benzene rings is 3. The van der Waals surface area contributed by atoms with E-state index in [1.54, 1.807) is 24.3 Å². The van der Waals surface area contributed by atoms with Crippen molar-refractivity contribution < 1.29 is 18.0 Å². The first-order valence-corrected chi connectivity index (χ1v) is 12.4. The number of halogens is 1. The molecular formula is C23H22BrN3O4S. The molecular weight excluding hydrogens is 494 g/mol. The van der Waals surface area contributed by atoms with Gasteiger partial charge in [0.25, 0.3) is 10.0 Å². The third-order valence-corrected chi connectivity index (χ3v) is 6.42. The molecule has 0 heterocycles. The molecule has 0 saturated heterocycles. The maximum Gasteiger partial charge on any atom is 0.333 e. The summed E-state index contributed by atoms with van der Waals surface area (Å²) in [5, 5.41) is 5.48. The summed E-state index contributed by atoms with van der Waals surface area (Å²) < 4.78 is 27.0. The summed E-state index contributed by atoms with van der Waals surface area (Å²) >= 11 is 3.07. The van der Waals surface area contributed by atoms with E-state index in [1.165, 1.54) is 12.1 Å². The first-order chi connectivity index (χ1) is 15.4. The van der Waals surface area contributed by atoms with Crippen LogP contribution in [-0.4, -0.2) is 32.2 Å². The average molecular weight is 516 g/mol. The number of urea groups is 1. The van der Waals surface area contributed by atoms with Gasteiger partial charge in [-0.15, -0.1) is 0 Å². The van der Waals surface area contributed by atoms with Crippen LogP contribution in [0.25, 0.3) is 11.1 Å². The smallest absolute Gasteiger partial charge is 0.333 e. The number of hydrogen-bond acceptors (Lipinski definition) is 4. The van der Waals surface area contributed by atoms with Crippen LogP contribution in [0.4, 0.5) is 10.5 Å². The molecule has 3 aromatic carbocycles. The fraction of sp³-hybridized carbons (Fsp3) is 0.130. The quantitative estimate of drug-likeness (QED) is 0.395. The molecule has 3 amide bonds. The number of alkyl halides is 1. The molecule has 0 aliphatic carbocycles. The van der Waals surface area contributed by atoms with Gasteiger partial charge < -0.3 is 10.6 Å². The highest BCUT2D eigenvalue weighted by molar-refractivity contribution is 9.09. The van der Waals surface area contributed by atoms with Crippen molar-refractivity contribution in [3.8, 4) is 11.1 Å². The lowest BCUT2D eigenvalue weighted by Gasteiger charge is -2.10. The Labute approximate surface area is 195 Å². The molecule has 7 nitrogen and oxygen atoms in total. The zero-order valence-electron chi connectivity index (χ0n) is 17.0. The van der Waals surface area contributed by atoms with E-state index >= 15 is 0 Å². The van der Waals surface area contributed by atoms with Crippen LogP contribution in [0, 0.1) is 0 Å². The molecule has 3 rings (SSSR count). The number of amides is 3. The normalized spacial score (nSPS) is 10.9. The van der Waals surface area contributed by atoms with Crippen molar-refractivity contribution in [3.05, 3.63) is 84.4 Å². The SMILES string of the molecule is O=C(CBr)NCCc1ccc(S(=O)(=O)NC(=O)Nc2ccc(-c3ccccc3)cc2)cc1. The highest BCUT2D eigenvalue weighted by Gasteiger charge is 2.17. The van der Waals surface area contributed by atoms with Crippen molar-refractivity contribution in [2.24, 2.45) is 0 Å². The van der Waals surface area contributed by atoms with Crippen molar-refractivity contribution in [1.82, 2.24) is 10.0 Å². The zero-order valence-corrected chi connectivity index (χ0v) is 19.4. The first-order valence-electron chi connectivity index (χ1n) is 9.78. The predicted molar refractivity (Wildman–Crippen MR) is 128 cm³/mol. The van der Waals surface area contributed by atoms with Gasteiger partial charge in [-0.25, -0.2) is 17.9 Å². The van der Waals surface area contributed by atoms with Crippen molar-refractivity contribution in [1.29, 1.82) is 0 Å². The molecule has 0 aromatic heterocycles. The molecule has 0 saturated carbocycles. The molecule has 0 radical (unpaired) electrons. The van der Waals surface area contributed by atoms with Crippen LogP contribution in [0.5, 0.6) is 0 Å². The van der Waals surface area contributed by atoms with Crippen molar-refractivity contribution in [2.45, 2.75) is 11.3 Å². The van der Waals surface area contributed by atoms with E-state index in [2.05, 4.69) is 26.6 Å². The Kier molecular flexibility index (Phi) is 8.02. The first kappa shape index (κ1) is 23.5. The minimum atomic E-state index is -4.02. The lowest BCUT2D eigenvalue weighted by atomic mass is 10.1. The molecule has 166 valence electrons. The van der Waals surface area contributed by atoms with E-state index in [-0.39, 0.29) is 16.1 Å².